The van der Waals surface area contributed by atoms with Gasteiger partial charge in [-0.2, -0.15) is 13.2 Å². The highest BCUT2D eigenvalue weighted by molar-refractivity contribution is 4.87. The molecule has 1 rings (SSSR count). The van der Waals surface area contributed by atoms with Gasteiger partial charge in [-0.15, -0.1) is 0 Å². The van der Waals surface area contributed by atoms with Crippen LogP contribution in [0, 0.1) is 5.92 Å². The van der Waals surface area contributed by atoms with Crippen LogP contribution in [0.5, 0.6) is 0 Å². The normalized spacial score (nSPS) is 29.5. The molecule has 1 aliphatic carbocycles. The molecule has 1 fully saturated rings. The number of halogens is 3. The van der Waals surface area contributed by atoms with Crippen molar-refractivity contribution in [2.45, 2.75) is 44.4 Å². The maximum atomic E-state index is 11.8. The monoisotopic (exact) mass is 269 g/mol. The Kier molecular flexibility index (Phi) is 5.88. The molecule has 0 bridgehead atoms. The van der Waals surface area contributed by atoms with Crippen molar-refractivity contribution < 1.29 is 22.6 Å². The molecule has 0 radical (unpaired) electrons. The maximum absolute atomic E-state index is 11.8. The minimum absolute atomic E-state index is 0.0460. The molecule has 1 aliphatic rings. The Bertz CT molecular complexity index is 248. The summed E-state index contributed by atoms with van der Waals surface area (Å²) in [6, 6.07) is 0. The van der Waals surface area contributed by atoms with Crippen LogP contribution < -0.4 is 5.73 Å². The summed E-state index contributed by atoms with van der Waals surface area (Å²) in [5.74, 6) is 0.554. The smallest absolute Gasteiger partial charge is 0.371 e. The molecule has 108 valence electrons. The van der Waals surface area contributed by atoms with Crippen molar-refractivity contribution in [2.75, 3.05) is 26.4 Å². The van der Waals surface area contributed by atoms with Crippen LogP contribution in [0.3, 0.4) is 0 Å². The van der Waals surface area contributed by atoms with E-state index in [1.165, 1.54) is 0 Å². The SMILES string of the molecule is CC1CCCC(CN)(OCCOCC(F)(F)F)C1. The van der Waals surface area contributed by atoms with Gasteiger partial charge in [-0.25, -0.2) is 0 Å². The molecule has 0 aromatic rings. The maximum Gasteiger partial charge on any atom is 0.411 e. The Morgan fingerprint density at radius 1 is 1.33 bits per heavy atom. The largest absolute Gasteiger partial charge is 0.411 e. The number of nitrogens with two attached hydrogens (primary N) is 1. The second kappa shape index (κ2) is 6.73. The van der Waals surface area contributed by atoms with Gasteiger partial charge in [-0.1, -0.05) is 19.8 Å². The van der Waals surface area contributed by atoms with Gasteiger partial charge in [0.05, 0.1) is 18.8 Å². The third kappa shape index (κ3) is 5.54. The number of rotatable bonds is 6. The average molecular weight is 269 g/mol. The van der Waals surface area contributed by atoms with Crippen molar-refractivity contribution in [3.63, 3.8) is 0 Å². The number of hydrogen-bond acceptors (Lipinski definition) is 3. The molecule has 6 heteroatoms. The summed E-state index contributed by atoms with van der Waals surface area (Å²) < 4.78 is 45.7. The summed E-state index contributed by atoms with van der Waals surface area (Å²) in [6.07, 6.45) is -0.293. The Labute approximate surface area is 106 Å². The van der Waals surface area contributed by atoms with Crippen molar-refractivity contribution in [1.29, 1.82) is 0 Å². The topological polar surface area (TPSA) is 44.5 Å². The third-order valence-corrected chi connectivity index (χ3v) is 3.32. The fourth-order valence-electron chi connectivity index (χ4n) is 2.49. The lowest BCUT2D eigenvalue weighted by Crippen LogP contribution is -2.45. The lowest BCUT2D eigenvalue weighted by atomic mass is 9.79. The average Bonchev–Trinajstić information content (AvgIpc) is 2.27. The van der Waals surface area contributed by atoms with Crippen molar-refractivity contribution in [3.8, 4) is 0 Å². The molecule has 0 saturated heterocycles. The zero-order chi connectivity index (χ0) is 13.6. The van der Waals surface area contributed by atoms with Crippen LogP contribution in [0.4, 0.5) is 13.2 Å². The van der Waals surface area contributed by atoms with E-state index in [4.69, 9.17) is 10.5 Å². The van der Waals surface area contributed by atoms with Gasteiger partial charge < -0.3 is 15.2 Å². The first kappa shape index (κ1) is 15.7. The second-order valence-corrected chi connectivity index (χ2v) is 5.10. The van der Waals surface area contributed by atoms with E-state index in [2.05, 4.69) is 11.7 Å². The Morgan fingerprint density at radius 2 is 2.06 bits per heavy atom. The molecular weight excluding hydrogens is 247 g/mol. The van der Waals surface area contributed by atoms with Crippen molar-refractivity contribution in [1.82, 2.24) is 0 Å². The first-order valence-electron chi connectivity index (χ1n) is 6.35. The van der Waals surface area contributed by atoms with Crippen molar-refractivity contribution in [2.24, 2.45) is 11.7 Å². The van der Waals surface area contributed by atoms with Crippen LogP contribution in [-0.4, -0.2) is 38.1 Å². The van der Waals surface area contributed by atoms with Crippen molar-refractivity contribution >= 4 is 0 Å². The zero-order valence-electron chi connectivity index (χ0n) is 10.8. The van der Waals surface area contributed by atoms with E-state index in [1.807, 2.05) is 0 Å². The van der Waals surface area contributed by atoms with E-state index in [0.717, 1.165) is 25.7 Å². The van der Waals surface area contributed by atoms with E-state index in [9.17, 15) is 13.2 Å². The predicted octanol–water partition coefficient (Wildman–Crippen LogP) is 2.49. The predicted molar refractivity (Wildman–Crippen MR) is 62.2 cm³/mol. The first-order chi connectivity index (χ1) is 8.37. The van der Waals surface area contributed by atoms with Crippen LogP contribution in [0.15, 0.2) is 0 Å². The minimum atomic E-state index is -4.27. The van der Waals surface area contributed by atoms with Crippen LogP contribution in [0.2, 0.25) is 0 Å². The fourth-order valence-corrected chi connectivity index (χ4v) is 2.49. The fraction of sp³-hybridized carbons (Fsp3) is 1.00. The van der Waals surface area contributed by atoms with Gasteiger partial charge >= 0.3 is 6.18 Å². The molecule has 2 unspecified atom stereocenters. The number of hydrogen-bond donors (Lipinski definition) is 1. The lowest BCUT2D eigenvalue weighted by Gasteiger charge is -2.39. The molecule has 18 heavy (non-hydrogen) atoms. The van der Waals surface area contributed by atoms with Gasteiger partial charge in [0.1, 0.15) is 6.61 Å². The molecule has 2 N–H and O–H groups in total. The molecule has 0 heterocycles. The highest BCUT2D eigenvalue weighted by atomic mass is 19.4. The highest BCUT2D eigenvalue weighted by Crippen LogP contribution is 2.34. The molecule has 0 spiro atoms. The quantitative estimate of drug-likeness (QED) is 0.753. The van der Waals surface area contributed by atoms with E-state index in [0.29, 0.717) is 12.5 Å². The molecule has 0 aromatic heterocycles. The van der Waals surface area contributed by atoms with Crippen molar-refractivity contribution in [3.05, 3.63) is 0 Å². The number of ether oxygens (including phenoxy) is 2. The molecule has 1 saturated carbocycles. The summed E-state index contributed by atoms with van der Waals surface area (Å²) in [5.41, 5.74) is 5.38. The van der Waals surface area contributed by atoms with Crippen LogP contribution in [0.1, 0.15) is 32.6 Å². The van der Waals surface area contributed by atoms with Gasteiger partial charge in [0.25, 0.3) is 0 Å². The van der Waals surface area contributed by atoms with Gasteiger partial charge in [0.15, 0.2) is 0 Å². The minimum Gasteiger partial charge on any atom is -0.371 e. The summed E-state index contributed by atoms with van der Waals surface area (Å²) in [5, 5.41) is 0. The molecule has 0 aliphatic heterocycles. The molecule has 0 aromatic carbocycles. The Balaban J connectivity index is 2.23. The first-order valence-corrected chi connectivity index (χ1v) is 6.35. The number of alkyl halides is 3. The molecule has 2 atom stereocenters. The molecule has 3 nitrogen and oxygen atoms in total. The van der Waals surface area contributed by atoms with Gasteiger partial charge in [0.2, 0.25) is 0 Å². The Hall–Kier alpha value is -0.330. The van der Waals surface area contributed by atoms with E-state index >= 15 is 0 Å². The van der Waals surface area contributed by atoms with E-state index < -0.39 is 12.8 Å². The van der Waals surface area contributed by atoms with Gasteiger partial charge in [-0.3, -0.25) is 0 Å². The summed E-state index contributed by atoms with van der Waals surface area (Å²) >= 11 is 0. The summed E-state index contributed by atoms with van der Waals surface area (Å²) in [4.78, 5) is 0. The van der Waals surface area contributed by atoms with E-state index in [-0.39, 0.29) is 18.8 Å². The van der Waals surface area contributed by atoms with Crippen LogP contribution in [-0.2, 0) is 9.47 Å². The zero-order valence-corrected chi connectivity index (χ0v) is 10.8. The summed E-state index contributed by atoms with van der Waals surface area (Å²) in [7, 11) is 0. The van der Waals surface area contributed by atoms with Gasteiger partial charge in [-0.05, 0) is 18.8 Å². The molecule has 0 amide bonds. The second-order valence-electron chi connectivity index (χ2n) is 5.10. The standard InChI is InChI=1S/C12H22F3NO2/c1-10-3-2-4-11(7-10,8-16)18-6-5-17-9-12(13,14)15/h10H,2-9,16H2,1H3. The van der Waals surface area contributed by atoms with E-state index in [1.54, 1.807) is 0 Å². The van der Waals surface area contributed by atoms with Gasteiger partial charge in [0, 0.05) is 6.54 Å². The summed E-state index contributed by atoms with van der Waals surface area (Å²) in [6.45, 7) is 1.46. The Morgan fingerprint density at radius 3 is 2.61 bits per heavy atom. The lowest BCUT2D eigenvalue weighted by molar-refractivity contribution is -0.181. The van der Waals surface area contributed by atoms with Crippen LogP contribution >= 0.6 is 0 Å². The highest BCUT2D eigenvalue weighted by Gasteiger charge is 2.34. The molecular formula is C12H22F3NO2. The van der Waals surface area contributed by atoms with Crippen LogP contribution in [0.25, 0.3) is 0 Å². The third-order valence-electron chi connectivity index (χ3n) is 3.32.